The molecule has 2 aliphatic heterocycles. The Kier molecular flexibility index (Phi) is 9.44. The van der Waals surface area contributed by atoms with Crippen molar-refractivity contribution in [2.45, 2.75) is 32.8 Å². The molecule has 0 bridgehead atoms. The first-order valence-corrected chi connectivity index (χ1v) is 11.4. The summed E-state index contributed by atoms with van der Waals surface area (Å²) in [6.07, 6.45) is 3.56. The number of nitrogens with one attached hydrogen (secondary N) is 1. The third-order valence-corrected chi connectivity index (χ3v) is 5.68. The van der Waals surface area contributed by atoms with Crippen molar-refractivity contribution in [1.82, 2.24) is 20.0 Å². The zero-order valence-electron chi connectivity index (χ0n) is 18.4. The Morgan fingerprint density at radius 2 is 1.73 bits per heavy atom. The van der Waals surface area contributed by atoms with Crippen LogP contribution >= 0.6 is 0 Å². The standard InChI is InChI=1S/C23H37N5O2/c1-2-24-23(25-11-18-30-20-21-9-5-3-6-10-21)28-16-14-26(15-17-28)19-22(29)27-12-7-4-8-13-27/h3,5-6,9-10H,2,4,7-8,11-20H2,1H3,(H,24,25). The normalized spacial score (nSPS) is 18.5. The summed E-state index contributed by atoms with van der Waals surface area (Å²) in [5, 5.41) is 3.39. The molecule has 1 amide bonds. The van der Waals surface area contributed by atoms with Gasteiger partial charge in [-0.15, -0.1) is 0 Å². The van der Waals surface area contributed by atoms with Crippen LogP contribution in [0, 0.1) is 0 Å². The molecule has 1 aromatic carbocycles. The minimum atomic E-state index is 0.291. The van der Waals surface area contributed by atoms with Gasteiger partial charge in [-0.05, 0) is 31.7 Å². The van der Waals surface area contributed by atoms with E-state index in [4.69, 9.17) is 9.73 Å². The summed E-state index contributed by atoms with van der Waals surface area (Å²) >= 11 is 0. The molecule has 0 atom stereocenters. The summed E-state index contributed by atoms with van der Waals surface area (Å²) in [6.45, 7) is 10.8. The first-order chi connectivity index (χ1) is 14.8. The number of carbonyl (C=O) groups is 1. The van der Waals surface area contributed by atoms with E-state index in [1.54, 1.807) is 0 Å². The number of carbonyl (C=O) groups excluding carboxylic acids is 1. The van der Waals surface area contributed by atoms with Crippen molar-refractivity contribution >= 4 is 11.9 Å². The second-order valence-corrected chi connectivity index (χ2v) is 7.98. The topological polar surface area (TPSA) is 60.4 Å². The van der Waals surface area contributed by atoms with Crippen LogP contribution in [0.2, 0.25) is 0 Å². The summed E-state index contributed by atoms with van der Waals surface area (Å²) in [6, 6.07) is 10.2. The lowest BCUT2D eigenvalue weighted by Crippen LogP contribution is -2.54. The van der Waals surface area contributed by atoms with Gasteiger partial charge in [0.05, 0.1) is 26.3 Å². The highest BCUT2D eigenvalue weighted by atomic mass is 16.5. The van der Waals surface area contributed by atoms with E-state index in [-0.39, 0.29) is 0 Å². The predicted octanol–water partition coefficient (Wildman–Crippen LogP) is 1.80. The number of nitrogens with zero attached hydrogens (tertiary/aromatic N) is 4. The van der Waals surface area contributed by atoms with E-state index < -0.39 is 0 Å². The molecular formula is C23H37N5O2. The number of benzene rings is 1. The maximum atomic E-state index is 12.5. The molecule has 7 heteroatoms. The minimum Gasteiger partial charge on any atom is -0.375 e. The van der Waals surface area contributed by atoms with Gasteiger partial charge in [0.2, 0.25) is 5.91 Å². The molecule has 30 heavy (non-hydrogen) atoms. The summed E-state index contributed by atoms with van der Waals surface area (Å²) in [7, 11) is 0. The van der Waals surface area contributed by atoms with Crippen LogP contribution in [-0.4, -0.2) is 92.1 Å². The number of amides is 1. The fourth-order valence-corrected chi connectivity index (χ4v) is 3.96. The van der Waals surface area contributed by atoms with E-state index in [1.807, 2.05) is 23.1 Å². The van der Waals surface area contributed by atoms with E-state index in [0.717, 1.165) is 64.6 Å². The van der Waals surface area contributed by atoms with Crippen molar-refractivity contribution in [3.8, 4) is 0 Å². The summed E-state index contributed by atoms with van der Waals surface area (Å²) in [5.74, 6) is 1.24. The van der Waals surface area contributed by atoms with E-state index in [0.29, 0.717) is 32.2 Å². The Hall–Kier alpha value is -2.12. The van der Waals surface area contributed by atoms with Crippen molar-refractivity contribution in [3.63, 3.8) is 0 Å². The maximum absolute atomic E-state index is 12.5. The molecule has 2 fully saturated rings. The number of guanidine groups is 1. The molecule has 3 rings (SSSR count). The molecular weight excluding hydrogens is 378 g/mol. The average Bonchev–Trinajstić information content (AvgIpc) is 2.80. The SMILES string of the molecule is CCNC(=NCCOCc1ccccc1)N1CCN(CC(=O)N2CCCCC2)CC1. The van der Waals surface area contributed by atoms with Gasteiger partial charge < -0.3 is 19.9 Å². The van der Waals surface area contributed by atoms with Crippen molar-refractivity contribution in [3.05, 3.63) is 35.9 Å². The van der Waals surface area contributed by atoms with Gasteiger partial charge in [-0.2, -0.15) is 0 Å². The lowest BCUT2D eigenvalue weighted by Gasteiger charge is -2.37. The minimum absolute atomic E-state index is 0.291. The number of aliphatic imine (C=N–C) groups is 1. The molecule has 0 radical (unpaired) electrons. The van der Waals surface area contributed by atoms with Crippen molar-refractivity contribution in [2.24, 2.45) is 4.99 Å². The lowest BCUT2D eigenvalue weighted by molar-refractivity contribution is -0.133. The number of piperazine rings is 1. The Morgan fingerprint density at radius 1 is 1.00 bits per heavy atom. The molecule has 2 heterocycles. The Bertz CT molecular complexity index is 653. The van der Waals surface area contributed by atoms with Gasteiger partial charge in [0.1, 0.15) is 0 Å². The van der Waals surface area contributed by atoms with Gasteiger partial charge in [0.15, 0.2) is 5.96 Å². The number of hydrogen-bond acceptors (Lipinski definition) is 4. The summed E-state index contributed by atoms with van der Waals surface area (Å²) in [5.41, 5.74) is 1.18. The van der Waals surface area contributed by atoms with Gasteiger partial charge in [0, 0.05) is 45.8 Å². The van der Waals surface area contributed by atoms with Crippen LogP contribution in [0.4, 0.5) is 0 Å². The second kappa shape index (κ2) is 12.5. The summed E-state index contributed by atoms with van der Waals surface area (Å²) < 4.78 is 5.75. The molecule has 0 spiro atoms. The number of hydrogen-bond donors (Lipinski definition) is 1. The Morgan fingerprint density at radius 3 is 2.43 bits per heavy atom. The molecule has 0 unspecified atom stereocenters. The van der Waals surface area contributed by atoms with E-state index >= 15 is 0 Å². The molecule has 1 aromatic rings. The van der Waals surface area contributed by atoms with Crippen LogP contribution in [0.3, 0.4) is 0 Å². The van der Waals surface area contributed by atoms with E-state index in [1.165, 1.54) is 12.0 Å². The van der Waals surface area contributed by atoms with Crippen LogP contribution in [0.5, 0.6) is 0 Å². The third kappa shape index (κ3) is 7.29. The number of ether oxygens (including phenoxy) is 1. The van der Waals surface area contributed by atoms with Crippen LogP contribution < -0.4 is 5.32 Å². The zero-order valence-corrected chi connectivity index (χ0v) is 18.4. The Balaban J connectivity index is 1.38. The smallest absolute Gasteiger partial charge is 0.236 e. The molecule has 0 aliphatic carbocycles. The first-order valence-electron chi connectivity index (χ1n) is 11.4. The molecule has 0 saturated carbocycles. The van der Waals surface area contributed by atoms with Crippen LogP contribution in [0.25, 0.3) is 0 Å². The van der Waals surface area contributed by atoms with Gasteiger partial charge in [-0.3, -0.25) is 14.7 Å². The molecule has 7 nitrogen and oxygen atoms in total. The molecule has 2 aliphatic rings. The largest absolute Gasteiger partial charge is 0.375 e. The van der Waals surface area contributed by atoms with E-state index in [2.05, 4.69) is 34.2 Å². The quantitative estimate of drug-likeness (QED) is 0.399. The molecule has 0 aromatic heterocycles. The molecule has 166 valence electrons. The lowest BCUT2D eigenvalue weighted by atomic mass is 10.1. The van der Waals surface area contributed by atoms with Gasteiger partial charge >= 0.3 is 0 Å². The highest BCUT2D eigenvalue weighted by molar-refractivity contribution is 5.80. The highest BCUT2D eigenvalue weighted by Gasteiger charge is 2.23. The molecule has 1 N–H and O–H groups in total. The fraction of sp³-hybridized carbons (Fsp3) is 0.652. The highest BCUT2D eigenvalue weighted by Crippen LogP contribution is 2.10. The number of rotatable bonds is 8. The van der Waals surface area contributed by atoms with Gasteiger partial charge in [-0.1, -0.05) is 30.3 Å². The second-order valence-electron chi connectivity index (χ2n) is 7.98. The Labute approximate surface area is 181 Å². The maximum Gasteiger partial charge on any atom is 0.236 e. The van der Waals surface area contributed by atoms with Crippen molar-refractivity contribution in [2.75, 3.05) is 65.5 Å². The monoisotopic (exact) mass is 415 g/mol. The molecule has 2 saturated heterocycles. The van der Waals surface area contributed by atoms with Crippen molar-refractivity contribution in [1.29, 1.82) is 0 Å². The van der Waals surface area contributed by atoms with Gasteiger partial charge in [0.25, 0.3) is 0 Å². The van der Waals surface area contributed by atoms with Crippen LogP contribution in [0.1, 0.15) is 31.7 Å². The first kappa shape index (κ1) is 22.6. The van der Waals surface area contributed by atoms with Crippen LogP contribution in [-0.2, 0) is 16.1 Å². The fourth-order valence-electron chi connectivity index (χ4n) is 3.96. The number of likely N-dealkylation sites (tertiary alicyclic amines) is 1. The third-order valence-electron chi connectivity index (χ3n) is 5.68. The predicted molar refractivity (Wildman–Crippen MR) is 121 cm³/mol. The average molecular weight is 416 g/mol. The zero-order chi connectivity index (χ0) is 21.0. The number of piperidine rings is 1. The summed E-state index contributed by atoms with van der Waals surface area (Å²) in [4.78, 5) is 23.9. The van der Waals surface area contributed by atoms with Crippen LogP contribution in [0.15, 0.2) is 35.3 Å². The van der Waals surface area contributed by atoms with Gasteiger partial charge in [-0.25, -0.2) is 0 Å². The van der Waals surface area contributed by atoms with E-state index in [9.17, 15) is 4.79 Å². The van der Waals surface area contributed by atoms with Crippen molar-refractivity contribution < 1.29 is 9.53 Å².